The minimum absolute atomic E-state index is 0.0392. The molecule has 0 spiro atoms. The van der Waals surface area contributed by atoms with E-state index in [-0.39, 0.29) is 33.3 Å². The van der Waals surface area contributed by atoms with Gasteiger partial charge in [-0.3, -0.25) is 4.79 Å². The summed E-state index contributed by atoms with van der Waals surface area (Å²) in [5.74, 6) is -0.113. The van der Waals surface area contributed by atoms with Crippen molar-refractivity contribution in [2.45, 2.75) is 31.7 Å². The van der Waals surface area contributed by atoms with Gasteiger partial charge < -0.3 is 5.32 Å². The quantitative estimate of drug-likeness (QED) is 0.900. The number of nitrogens with one attached hydrogen (secondary N) is 1. The summed E-state index contributed by atoms with van der Waals surface area (Å²) in [6, 6.07) is 4.08. The van der Waals surface area contributed by atoms with Crippen LogP contribution in [0, 0.1) is 5.92 Å². The molecule has 0 bridgehead atoms. The molecule has 7 heteroatoms. The SMILES string of the molecule is CC(C)[C@@H](C)NC(=O)c1cc(S(=O)(=O)N(C)C)ccc1Cl. The summed E-state index contributed by atoms with van der Waals surface area (Å²) >= 11 is 6.01. The van der Waals surface area contributed by atoms with Crippen molar-refractivity contribution < 1.29 is 13.2 Å². The standard InChI is InChI=1S/C14H21ClN2O3S/c1-9(2)10(3)16-14(18)12-8-11(6-7-13(12)15)21(19,20)17(4)5/h6-10H,1-5H3,(H,16,18)/t10-/m1/s1. The smallest absolute Gasteiger partial charge is 0.253 e. The Hall–Kier alpha value is -1.11. The molecule has 21 heavy (non-hydrogen) atoms. The lowest BCUT2D eigenvalue weighted by atomic mass is 10.1. The maximum Gasteiger partial charge on any atom is 0.253 e. The number of hydrogen-bond donors (Lipinski definition) is 1. The monoisotopic (exact) mass is 332 g/mol. The Labute approximate surface area is 131 Å². The van der Waals surface area contributed by atoms with Gasteiger partial charge in [-0.25, -0.2) is 12.7 Å². The summed E-state index contributed by atoms with van der Waals surface area (Å²) in [5.41, 5.74) is 0.159. The molecular weight excluding hydrogens is 312 g/mol. The Morgan fingerprint density at radius 1 is 1.24 bits per heavy atom. The number of rotatable bonds is 5. The lowest BCUT2D eigenvalue weighted by Gasteiger charge is -2.18. The van der Waals surface area contributed by atoms with Gasteiger partial charge in [-0.15, -0.1) is 0 Å². The fourth-order valence-corrected chi connectivity index (χ4v) is 2.63. The molecule has 5 nitrogen and oxygen atoms in total. The summed E-state index contributed by atoms with van der Waals surface area (Å²) in [6.45, 7) is 5.86. The van der Waals surface area contributed by atoms with Gasteiger partial charge in [0, 0.05) is 20.1 Å². The molecule has 0 fully saturated rings. The molecular formula is C14H21ClN2O3S. The van der Waals surface area contributed by atoms with Crippen molar-refractivity contribution in [3.05, 3.63) is 28.8 Å². The van der Waals surface area contributed by atoms with Gasteiger partial charge in [-0.05, 0) is 31.0 Å². The normalized spacial score (nSPS) is 13.5. The van der Waals surface area contributed by atoms with Crippen LogP contribution in [-0.2, 0) is 10.0 Å². The molecule has 0 unspecified atom stereocenters. The molecule has 0 heterocycles. The highest BCUT2D eigenvalue weighted by molar-refractivity contribution is 7.89. The van der Waals surface area contributed by atoms with E-state index in [0.29, 0.717) is 0 Å². The lowest BCUT2D eigenvalue weighted by molar-refractivity contribution is 0.0930. The highest BCUT2D eigenvalue weighted by Gasteiger charge is 2.21. The predicted octanol–water partition coefficient (Wildman–Crippen LogP) is 2.36. The van der Waals surface area contributed by atoms with Crippen molar-refractivity contribution in [3.8, 4) is 0 Å². The van der Waals surface area contributed by atoms with E-state index >= 15 is 0 Å². The van der Waals surface area contributed by atoms with E-state index < -0.39 is 10.0 Å². The molecule has 1 N–H and O–H groups in total. The number of sulfonamides is 1. The van der Waals surface area contributed by atoms with E-state index in [9.17, 15) is 13.2 Å². The van der Waals surface area contributed by atoms with E-state index in [2.05, 4.69) is 5.32 Å². The van der Waals surface area contributed by atoms with Crippen LogP contribution in [0.25, 0.3) is 0 Å². The van der Waals surface area contributed by atoms with Crippen LogP contribution in [0.5, 0.6) is 0 Å². The lowest BCUT2D eigenvalue weighted by Crippen LogP contribution is -2.36. The highest BCUT2D eigenvalue weighted by atomic mass is 35.5. The van der Waals surface area contributed by atoms with Gasteiger partial charge in [-0.1, -0.05) is 25.4 Å². The summed E-state index contributed by atoms with van der Waals surface area (Å²) in [4.78, 5) is 12.3. The van der Waals surface area contributed by atoms with Crippen molar-refractivity contribution in [3.63, 3.8) is 0 Å². The van der Waals surface area contributed by atoms with Crippen molar-refractivity contribution in [1.82, 2.24) is 9.62 Å². The van der Waals surface area contributed by atoms with Crippen LogP contribution in [0.3, 0.4) is 0 Å². The number of nitrogens with zero attached hydrogens (tertiary/aromatic N) is 1. The average Bonchev–Trinajstić information content (AvgIpc) is 2.38. The summed E-state index contributed by atoms with van der Waals surface area (Å²) in [6.07, 6.45) is 0. The van der Waals surface area contributed by atoms with Gasteiger partial charge in [0.15, 0.2) is 0 Å². The Morgan fingerprint density at radius 3 is 2.29 bits per heavy atom. The molecule has 0 saturated heterocycles. The Morgan fingerprint density at radius 2 is 1.81 bits per heavy atom. The summed E-state index contributed by atoms with van der Waals surface area (Å²) in [5, 5.41) is 3.04. The molecule has 0 radical (unpaired) electrons. The molecule has 1 atom stereocenters. The van der Waals surface area contributed by atoms with Crippen LogP contribution >= 0.6 is 11.6 Å². The third kappa shape index (κ3) is 4.18. The van der Waals surface area contributed by atoms with Crippen LogP contribution in [-0.4, -0.2) is 38.8 Å². The zero-order valence-corrected chi connectivity index (χ0v) is 14.4. The largest absolute Gasteiger partial charge is 0.349 e. The van der Waals surface area contributed by atoms with Crippen molar-refractivity contribution in [1.29, 1.82) is 0 Å². The van der Waals surface area contributed by atoms with E-state index in [1.165, 1.54) is 32.3 Å². The number of carbonyl (C=O) groups is 1. The Bertz CT molecular complexity index is 627. The van der Waals surface area contributed by atoms with Crippen LogP contribution in [0.4, 0.5) is 0 Å². The third-order valence-corrected chi connectivity index (χ3v) is 5.46. The number of carbonyl (C=O) groups excluding carboxylic acids is 1. The fraction of sp³-hybridized carbons (Fsp3) is 0.500. The van der Waals surface area contributed by atoms with Crippen molar-refractivity contribution in [2.75, 3.05) is 14.1 Å². The first-order chi connectivity index (χ1) is 9.57. The van der Waals surface area contributed by atoms with Crippen molar-refractivity contribution in [2.24, 2.45) is 5.92 Å². The van der Waals surface area contributed by atoms with Crippen LogP contribution in [0.1, 0.15) is 31.1 Å². The summed E-state index contributed by atoms with van der Waals surface area (Å²) in [7, 11) is -0.730. The minimum Gasteiger partial charge on any atom is -0.349 e. The third-order valence-electron chi connectivity index (χ3n) is 3.32. The molecule has 0 aliphatic heterocycles. The second-order valence-electron chi connectivity index (χ2n) is 5.44. The maximum atomic E-state index is 12.2. The molecule has 1 aromatic carbocycles. The average molecular weight is 333 g/mol. The molecule has 1 rings (SSSR count). The molecule has 0 aliphatic rings. The number of amides is 1. The van der Waals surface area contributed by atoms with Crippen molar-refractivity contribution >= 4 is 27.5 Å². The highest BCUT2D eigenvalue weighted by Crippen LogP contribution is 2.22. The molecule has 0 saturated carbocycles. The van der Waals surface area contributed by atoms with Gasteiger partial charge in [-0.2, -0.15) is 0 Å². The number of hydrogen-bond acceptors (Lipinski definition) is 3. The van der Waals surface area contributed by atoms with E-state index in [0.717, 1.165) is 4.31 Å². The molecule has 0 aliphatic carbocycles. The minimum atomic E-state index is -3.60. The molecule has 0 aromatic heterocycles. The second kappa shape index (κ2) is 6.77. The van der Waals surface area contributed by atoms with E-state index in [4.69, 9.17) is 11.6 Å². The van der Waals surface area contributed by atoms with E-state index in [1.807, 2.05) is 20.8 Å². The van der Waals surface area contributed by atoms with Gasteiger partial charge >= 0.3 is 0 Å². The zero-order valence-electron chi connectivity index (χ0n) is 12.8. The summed E-state index contributed by atoms with van der Waals surface area (Å²) < 4.78 is 25.3. The Balaban J connectivity index is 3.17. The molecule has 1 amide bonds. The van der Waals surface area contributed by atoms with E-state index in [1.54, 1.807) is 0 Å². The maximum absolute atomic E-state index is 12.2. The van der Waals surface area contributed by atoms with Gasteiger partial charge in [0.1, 0.15) is 0 Å². The fourth-order valence-electron chi connectivity index (χ4n) is 1.50. The second-order valence-corrected chi connectivity index (χ2v) is 7.99. The van der Waals surface area contributed by atoms with Crippen LogP contribution in [0.15, 0.2) is 23.1 Å². The number of halogens is 1. The first-order valence-electron chi connectivity index (χ1n) is 6.60. The van der Waals surface area contributed by atoms with Crippen LogP contribution in [0.2, 0.25) is 5.02 Å². The zero-order chi connectivity index (χ0) is 16.4. The van der Waals surface area contributed by atoms with Gasteiger partial charge in [0.25, 0.3) is 5.91 Å². The first kappa shape index (κ1) is 17.9. The first-order valence-corrected chi connectivity index (χ1v) is 8.42. The molecule has 118 valence electrons. The van der Waals surface area contributed by atoms with Crippen LogP contribution < -0.4 is 5.32 Å². The topological polar surface area (TPSA) is 66.5 Å². The Kier molecular flexibility index (Phi) is 5.78. The van der Waals surface area contributed by atoms with Gasteiger partial charge in [0.2, 0.25) is 10.0 Å². The number of benzene rings is 1. The predicted molar refractivity (Wildman–Crippen MR) is 84.1 cm³/mol. The molecule has 1 aromatic rings. The van der Waals surface area contributed by atoms with Gasteiger partial charge in [0.05, 0.1) is 15.5 Å².